The monoisotopic (exact) mass is 287 g/mol. The molecule has 2 N–H and O–H groups in total. The molecule has 0 unspecified atom stereocenters. The first-order valence-electron chi connectivity index (χ1n) is 6.53. The second-order valence-electron chi connectivity index (χ2n) is 4.94. The first-order valence-corrected chi connectivity index (χ1v) is 6.53. The summed E-state index contributed by atoms with van der Waals surface area (Å²) < 4.78 is 1.26. The van der Waals surface area contributed by atoms with Crippen molar-refractivity contribution < 1.29 is 14.7 Å². The maximum Gasteiger partial charge on any atom is 0.339 e. The number of hydrogen-bond donors (Lipinski definition) is 2. The van der Waals surface area contributed by atoms with E-state index in [2.05, 4.69) is 10.4 Å². The molecule has 6 nitrogen and oxygen atoms in total. The quantitative estimate of drug-likeness (QED) is 0.899. The van der Waals surface area contributed by atoms with Gasteiger partial charge in [-0.1, -0.05) is 29.8 Å². The normalized spacial score (nSPS) is 12.0. The molecule has 0 aliphatic heterocycles. The number of aromatic nitrogens is 2. The number of aromatic carboxylic acids is 1. The topological polar surface area (TPSA) is 84.2 Å². The Bertz CT molecular complexity index is 674. The van der Waals surface area contributed by atoms with Gasteiger partial charge in [-0.2, -0.15) is 5.10 Å². The average Bonchev–Trinajstić information content (AvgIpc) is 2.81. The highest BCUT2D eigenvalue weighted by molar-refractivity contribution is 6.03. The number of carbonyl (C=O) groups excluding carboxylic acids is 1. The summed E-state index contributed by atoms with van der Waals surface area (Å²) in [5, 5.41) is 15.7. The van der Waals surface area contributed by atoms with Gasteiger partial charge in [0.25, 0.3) is 5.91 Å². The van der Waals surface area contributed by atoms with Gasteiger partial charge in [-0.25, -0.2) is 4.79 Å². The Morgan fingerprint density at radius 1 is 1.29 bits per heavy atom. The van der Waals surface area contributed by atoms with Crippen molar-refractivity contribution in [3.8, 4) is 0 Å². The molecule has 0 aliphatic carbocycles. The van der Waals surface area contributed by atoms with Crippen LogP contribution in [-0.2, 0) is 7.05 Å². The summed E-state index contributed by atoms with van der Waals surface area (Å²) in [6.07, 6.45) is 1.17. The van der Waals surface area contributed by atoms with E-state index in [-0.39, 0.29) is 17.3 Å². The molecule has 2 aromatic rings. The third kappa shape index (κ3) is 3.10. The van der Waals surface area contributed by atoms with E-state index in [9.17, 15) is 9.59 Å². The number of carboxylic acid groups (broad SMARTS) is 1. The lowest BCUT2D eigenvalue weighted by atomic mass is 10.1. The molecule has 1 heterocycles. The summed E-state index contributed by atoms with van der Waals surface area (Å²) in [5.74, 6) is -1.63. The molecule has 1 aromatic carbocycles. The van der Waals surface area contributed by atoms with Gasteiger partial charge in [0.05, 0.1) is 12.2 Å². The smallest absolute Gasteiger partial charge is 0.339 e. The van der Waals surface area contributed by atoms with Crippen molar-refractivity contribution in [1.82, 2.24) is 15.1 Å². The first-order chi connectivity index (χ1) is 9.90. The predicted octanol–water partition coefficient (Wildman–Crippen LogP) is 1.92. The zero-order chi connectivity index (χ0) is 15.6. The molecule has 1 aromatic heterocycles. The summed E-state index contributed by atoms with van der Waals surface area (Å²) in [7, 11) is 1.54. The predicted molar refractivity (Wildman–Crippen MR) is 77.2 cm³/mol. The largest absolute Gasteiger partial charge is 0.478 e. The molecule has 110 valence electrons. The molecule has 0 saturated carbocycles. The van der Waals surface area contributed by atoms with Crippen molar-refractivity contribution in [2.24, 2.45) is 7.05 Å². The molecular formula is C15H17N3O3. The molecule has 6 heteroatoms. The number of rotatable bonds is 4. The lowest BCUT2D eigenvalue weighted by Gasteiger charge is -2.15. The maximum absolute atomic E-state index is 12.3. The van der Waals surface area contributed by atoms with Crippen LogP contribution in [0.3, 0.4) is 0 Å². The van der Waals surface area contributed by atoms with Gasteiger partial charge in [-0.3, -0.25) is 9.48 Å². The molecule has 0 radical (unpaired) electrons. The molecule has 0 aliphatic rings. The molecular weight excluding hydrogens is 270 g/mol. The Labute approximate surface area is 122 Å². The number of amides is 1. The van der Waals surface area contributed by atoms with Gasteiger partial charge in [0.2, 0.25) is 0 Å². The zero-order valence-corrected chi connectivity index (χ0v) is 12.1. The van der Waals surface area contributed by atoms with Crippen molar-refractivity contribution in [3.63, 3.8) is 0 Å². The highest BCUT2D eigenvalue weighted by atomic mass is 16.4. The van der Waals surface area contributed by atoms with Crippen LogP contribution in [0.25, 0.3) is 0 Å². The van der Waals surface area contributed by atoms with Gasteiger partial charge >= 0.3 is 5.97 Å². The molecule has 0 fully saturated rings. The van der Waals surface area contributed by atoms with Crippen molar-refractivity contribution in [3.05, 3.63) is 52.8 Å². The van der Waals surface area contributed by atoms with Crippen LogP contribution < -0.4 is 5.32 Å². The van der Waals surface area contributed by atoms with E-state index in [0.29, 0.717) is 0 Å². The number of hydrogen-bond acceptors (Lipinski definition) is 3. The van der Waals surface area contributed by atoms with Crippen LogP contribution in [-0.4, -0.2) is 26.8 Å². The van der Waals surface area contributed by atoms with Crippen molar-refractivity contribution in [1.29, 1.82) is 0 Å². The first kappa shape index (κ1) is 14.8. The van der Waals surface area contributed by atoms with E-state index in [4.69, 9.17) is 5.11 Å². The van der Waals surface area contributed by atoms with Crippen LogP contribution >= 0.6 is 0 Å². The van der Waals surface area contributed by atoms with Crippen LogP contribution in [0.2, 0.25) is 0 Å². The number of carboxylic acids is 1. The highest BCUT2D eigenvalue weighted by Gasteiger charge is 2.22. The Balaban J connectivity index is 2.20. The second-order valence-corrected chi connectivity index (χ2v) is 4.94. The lowest BCUT2D eigenvalue weighted by Crippen LogP contribution is -2.29. The third-order valence-electron chi connectivity index (χ3n) is 3.31. The molecule has 0 bridgehead atoms. The summed E-state index contributed by atoms with van der Waals surface area (Å²) in [4.78, 5) is 23.4. The van der Waals surface area contributed by atoms with E-state index in [0.717, 1.165) is 11.1 Å². The summed E-state index contributed by atoms with van der Waals surface area (Å²) in [5.41, 5.74) is 2.03. The molecule has 1 atom stereocenters. The van der Waals surface area contributed by atoms with Crippen LogP contribution in [0.15, 0.2) is 30.5 Å². The minimum atomic E-state index is -1.17. The van der Waals surface area contributed by atoms with Crippen LogP contribution in [0.4, 0.5) is 0 Å². The van der Waals surface area contributed by atoms with Crippen molar-refractivity contribution in [2.75, 3.05) is 0 Å². The molecule has 21 heavy (non-hydrogen) atoms. The van der Waals surface area contributed by atoms with Gasteiger partial charge in [-0.15, -0.1) is 0 Å². The fraction of sp³-hybridized carbons (Fsp3) is 0.267. The van der Waals surface area contributed by atoms with E-state index in [1.807, 2.05) is 38.1 Å². The zero-order valence-electron chi connectivity index (χ0n) is 12.1. The average molecular weight is 287 g/mol. The molecule has 0 saturated heterocycles. The third-order valence-corrected chi connectivity index (χ3v) is 3.31. The van der Waals surface area contributed by atoms with Crippen LogP contribution in [0.5, 0.6) is 0 Å². The van der Waals surface area contributed by atoms with Gasteiger partial charge in [0, 0.05) is 7.05 Å². The molecule has 1 amide bonds. The van der Waals surface area contributed by atoms with Gasteiger partial charge < -0.3 is 10.4 Å². The van der Waals surface area contributed by atoms with Crippen molar-refractivity contribution >= 4 is 11.9 Å². The minimum absolute atomic E-state index is 0.0430. The van der Waals surface area contributed by atoms with Gasteiger partial charge in [-0.05, 0) is 19.4 Å². The molecule has 2 rings (SSSR count). The van der Waals surface area contributed by atoms with E-state index < -0.39 is 11.9 Å². The standard InChI is InChI=1S/C15H17N3O3/c1-9-4-6-11(7-5-9)10(2)17-14(19)13-12(15(20)21)8-16-18(13)3/h4-8,10H,1-3H3,(H,17,19)(H,20,21)/t10-/m0/s1. The number of nitrogens with one attached hydrogen (secondary N) is 1. The second kappa shape index (κ2) is 5.78. The SMILES string of the molecule is Cc1ccc([C@H](C)NC(=O)c2c(C(=O)O)cnn2C)cc1. The Morgan fingerprint density at radius 3 is 2.48 bits per heavy atom. The lowest BCUT2D eigenvalue weighted by molar-refractivity contribution is 0.0690. The Kier molecular flexibility index (Phi) is 4.07. The van der Waals surface area contributed by atoms with Gasteiger partial charge in [0.15, 0.2) is 0 Å². The number of nitrogens with zero attached hydrogens (tertiary/aromatic N) is 2. The maximum atomic E-state index is 12.3. The van der Waals surface area contributed by atoms with E-state index >= 15 is 0 Å². The fourth-order valence-corrected chi connectivity index (χ4v) is 2.07. The van der Waals surface area contributed by atoms with Crippen molar-refractivity contribution in [2.45, 2.75) is 19.9 Å². The Morgan fingerprint density at radius 2 is 1.90 bits per heavy atom. The summed E-state index contributed by atoms with van der Waals surface area (Å²) in [6.45, 7) is 3.83. The number of carbonyl (C=O) groups is 2. The van der Waals surface area contributed by atoms with E-state index in [1.165, 1.54) is 17.9 Å². The minimum Gasteiger partial charge on any atom is -0.478 e. The van der Waals surface area contributed by atoms with Crippen LogP contribution in [0.1, 0.15) is 44.9 Å². The number of aryl methyl sites for hydroxylation is 2. The molecule has 0 spiro atoms. The van der Waals surface area contributed by atoms with E-state index in [1.54, 1.807) is 0 Å². The highest BCUT2D eigenvalue weighted by Crippen LogP contribution is 2.15. The van der Waals surface area contributed by atoms with Gasteiger partial charge in [0.1, 0.15) is 11.3 Å². The summed E-state index contributed by atoms with van der Waals surface area (Å²) >= 11 is 0. The number of benzene rings is 1. The van der Waals surface area contributed by atoms with Crippen LogP contribution in [0, 0.1) is 6.92 Å². The summed E-state index contributed by atoms with van der Waals surface area (Å²) in [6, 6.07) is 7.56. The fourth-order valence-electron chi connectivity index (χ4n) is 2.07. The Hall–Kier alpha value is -2.63.